The minimum Gasteiger partial charge on any atom is -0.337 e. The Morgan fingerprint density at radius 2 is 1.67 bits per heavy atom. The molecule has 0 radical (unpaired) electrons. The Labute approximate surface area is 125 Å². The fraction of sp³-hybridized carbons (Fsp3) is 0.400. The second-order valence-electron chi connectivity index (χ2n) is 6.10. The normalized spacial score (nSPS) is 12.4. The lowest BCUT2D eigenvalue weighted by atomic mass is 9.87. The Morgan fingerprint density at radius 1 is 1.10 bits per heavy atom. The molecule has 0 saturated carbocycles. The van der Waals surface area contributed by atoms with Crippen molar-refractivity contribution in [2.45, 2.75) is 44.9 Å². The average Bonchev–Trinajstić information content (AvgIpc) is 2.69. The summed E-state index contributed by atoms with van der Waals surface area (Å²) in [6, 6.07) is 6.85. The molecule has 5 nitrogen and oxygen atoms in total. The molecule has 0 aliphatic heterocycles. The number of benzene rings is 1. The SMILES string of the molecule is Cc1noc(NS(=O)(=O)c2ccc(C(C)(C)C)cc2)c1C. The van der Waals surface area contributed by atoms with E-state index in [0.29, 0.717) is 11.3 Å². The van der Waals surface area contributed by atoms with E-state index in [1.165, 1.54) is 0 Å². The molecule has 0 aliphatic carbocycles. The van der Waals surface area contributed by atoms with Crippen LogP contribution in [0.25, 0.3) is 0 Å². The molecular formula is C15H20N2O3S. The van der Waals surface area contributed by atoms with E-state index in [-0.39, 0.29) is 16.2 Å². The molecule has 114 valence electrons. The third-order valence-corrected chi connectivity index (χ3v) is 4.76. The molecule has 0 aliphatic rings. The third-order valence-electron chi connectivity index (χ3n) is 3.41. The Hall–Kier alpha value is -1.82. The summed E-state index contributed by atoms with van der Waals surface area (Å²) < 4.78 is 32.1. The highest BCUT2D eigenvalue weighted by molar-refractivity contribution is 7.92. The molecule has 1 heterocycles. The van der Waals surface area contributed by atoms with Crippen molar-refractivity contribution in [3.05, 3.63) is 41.1 Å². The molecule has 6 heteroatoms. The lowest BCUT2D eigenvalue weighted by molar-refractivity contribution is 0.430. The van der Waals surface area contributed by atoms with E-state index in [4.69, 9.17) is 4.52 Å². The van der Waals surface area contributed by atoms with Crippen molar-refractivity contribution >= 4 is 15.9 Å². The predicted molar refractivity (Wildman–Crippen MR) is 81.9 cm³/mol. The summed E-state index contributed by atoms with van der Waals surface area (Å²) in [6.45, 7) is 9.75. The molecule has 0 amide bonds. The van der Waals surface area contributed by atoms with E-state index in [1.54, 1.807) is 26.0 Å². The maximum Gasteiger partial charge on any atom is 0.264 e. The molecule has 1 N–H and O–H groups in total. The Balaban J connectivity index is 2.30. The number of nitrogens with one attached hydrogen (secondary N) is 1. The average molecular weight is 308 g/mol. The summed E-state index contributed by atoms with van der Waals surface area (Å²) in [5.41, 5.74) is 2.41. The van der Waals surface area contributed by atoms with E-state index >= 15 is 0 Å². The number of aromatic nitrogens is 1. The van der Waals surface area contributed by atoms with Crippen LogP contribution in [0.5, 0.6) is 0 Å². The summed E-state index contributed by atoms with van der Waals surface area (Å²) in [5.74, 6) is 0.160. The molecule has 1 aromatic carbocycles. The van der Waals surface area contributed by atoms with Crippen molar-refractivity contribution in [2.24, 2.45) is 0 Å². The van der Waals surface area contributed by atoms with Gasteiger partial charge in [-0.3, -0.25) is 0 Å². The first-order valence-corrected chi connectivity index (χ1v) is 8.16. The molecule has 0 bridgehead atoms. The number of hydrogen-bond acceptors (Lipinski definition) is 4. The van der Waals surface area contributed by atoms with Crippen molar-refractivity contribution in [3.8, 4) is 0 Å². The fourth-order valence-corrected chi connectivity index (χ4v) is 2.87. The van der Waals surface area contributed by atoms with Crippen LogP contribution in [-0.2, 0) is 15.4 Å². The van der Waals surface area contributed by atoms with Gasteiger partial charge in [-0.1, -0.05) is 38.1 Å². The van der Waals surface area contributed by atoms with Gasteiger partial charge in [0.1, 0.15) is 0 Å². The third kappa shape index (κ3) is 3.26. The number of hydrogen-bond donors (Lipinski definition) is 1. The van der Waals surface area contributed by atoms with Gasteiger partial charge in [0.25, 0.3) is 10.0 Å². The lowest BCUT2D eigenvalue weighted by Gasteiger charge is -2.19. The van der Waals surface area contributed by atoms with Gasteiger partial charge in [0.15, 0.2) is 0 Å². The molecule has 0 spiro atoms. The minimum absolute atomic E-state index is 0.0195. The summed E-state index contributed by atoms with van der Waals surface area (Å²) in [4.78, 5) is 0.198. The number of rotatable bonds is 3. The number of sulfonamides is 1. The molecule has 2 rings (SSSR count). The van der Waals surface area contributed by atoms with Crippen LogP contribution in [0.4, 0.5) is 5.88 Å². The highest BCUT2D eigenvalue weighted by Crippen LogP contribution is 2.25. The summed E-state index contributed by atoms with van der Waals surface area (Å²) in [5, 5.41) is 3.74. The van der Waals surface area contributed by atoms with Crippen LogP contribution in [0.1, 0.15) is 37.6 Å². The van der Waals surface area contributed by atoms with Crippen LogP contribution in [0.2, 0.25) is 0 Å². The molecule has 2 aromatic rings. The zero-order valence-electron chi connectivity index (χ0n) is 12.9. The Morgan fingerprint density at radius 3 is 2.10 bits per heavy atom. The van der Waals surface area contributed by atoms with Gasteiger partial charge in [-0.05, 0) is 37.0 Å². The second kappa shape index (κ2) is 5.18. The molecule has 0 unspecified atom stereocenters. The molecule has 0 atom stereocenters. The van der Waals surface area contributed by atoms with Gasteiger partial charge in [-0.15, -0.1) is 0 Å². The first kappa shape index (κ1) is 15.6. The Bertz CT molecular complexity index is 738. The topological polar surface area (TPSA) is 72.2 Å². The van der Waals surface area contributed by atoms with Crippen molar-refractivity contribution in [3.63, 3.8) is 0 Å². The zero-order chi connectivity index (χ0) is 15.8. The first-order valence-electron chi connectivity index (χ1n) is 6.67. The maximum atomic E-state index is 12.3. The smallest absolute Gasteiger partial charge is 0.264 e. The van der Waals surface area contributed by atoms with E-state index in [9.17, 15) is 8.42 Å². The summed E-state index contributed by atoms with van der Waals surface area (Å²) in [6.07, 6.45) is 0. The van der Waals surface area contributed by atoms with Crippen LogP contribution < -0.4 is 4.72 Å². The summed E-state index contributed by atoms with van der Waals surface area (Å²) in [7, 11) is -3.67. The zero-order valence-corrected chi connectivity index (χ0v) is 13.7. The van der Waals surface area contributed by atoms with Crippen molar-refractivity contribution in [1.29, 1.82) is 0 Å². The van der Waals surface area contributed by atoms with Crippen LogP contribution in [0.3, 0.4) is 0 Å². The van der Waals surface area contributed by atoms with Crippen LogP contribution in [0.15, 0.2) is 33.7 Å². The van der Waals surface area contributed by atoms with E-state index in [0.717, 1.165) is 5.56 Å². The van der Waals surface area contributed by atoms with Crippen molar-refractivity contribution in [2.75, 3.05) is 4.72 Å². The lowest BCUT2D eigenvalue weighted by Crippen LogP contribution is -2.15. The largest absolute Gasteiger partial charge is 0.337 e. The van der Waals surface area contributed by atoms with Gasteiger partial charge in [-0.2, -0.15) is 0 Å². The van der Waals surface area contributed by atoms with E-state index < -0.39 is 10.0 Å². The van der Waals surface area contributed by atoms with Gasteiger partial charge < -0.3 is 4.52 Å². The van der Waals surface area contributed by atoms with Crippen LogP contribution in [0, 0.1) is 13.8 Å². The maximum absolute atomic E-state index is 12.3. The monoisotopic (exact) mass is 308 g/mol. The number of aryl methyl sites for hydroxylation is 1. The van der Waals surface area contributed by atoms with Gasteiger partial charge in [0.05, 0.1) is 10.6 Å². The Kier molecular flexibility index (Phi) is 3.84. The quantitative estimate of drug-likeness (QED) is 0.943. The molecular weight excluding hydrogens is 288 g/mol. The summed E-state index contributed by atoms with van der Waals surface area (Å²) >= 11 is 0. The van der Waals surface area contributed by atoms with Crippen LogP contribution >= 0.6 is 0 Å². The first-order chi connectivity index (χ1) is 9.61. The van der Waals surface area contributed by atoms with Crippen molar-refractivity contribution in [1.82, 2.24) is 5.16 Å². The predicted octanol–water partition coefficient (Wildman–Crippen LogP) is 3.39. The second-order valence-corrected chi connectivity index (χ2v) is 7.78. The van der Waals surface area contributed by atoms with E-state index in [2.05, 4.69) is 30.6 Å². The van der Waals surface area contributed by atoms with E-state index in [1.807, 2.05) is 12.1 Å². The minimum atomic E-state index is -3.67. The standard InChI is InChI=1S/C15H20N2O3S/c1-10-11(2)16-20-14(10)17-21(18,19)13-8-6-12(7-9-13)15(3,4)5/h6-9,17H,1-5H3. The van der Waals surface area contributed by atoms with Crippen molar-refractivity contribution < 1.29 is 12.9 Å². The number of nitrogens with zero attached hydrogens (tertiary/aromatic N) is 1. The highest BCUT2D eigenvalue weighted by Gasteiger charge is 2.20. The van der Waals surface area contributed by atoms with Gasteiger partial charge in [0, 0.05) is 5.56 Å². The van der Waals surface area contributed by atoms with Gasteiger partial charge in [0.2, 0.25) is 5.88 Å². The molecule has 21 heavy (non-hydrogen) atoms. The fourth-order valence-electron chi connectivity index (χ4n) is 1.83. The molecule has 1 aromatic heterocycles. The van der Waals surface area contributed by atoms with Gasteiger partial charge in [-0.25, -0.2) is 13.1 Å². The highest BCUT2D eigenvalue weighted by atomic mass is 32.2. The molecule has 0 fully saturated rings. The van der Waals surface area contributed by atoms with Gasteiger partial charge >= 0.3 is 0 Å². The molecule has 0 saturated heterocycles. The van der Waals surface area contributed by atoms with Crippen LogP contribution in [-0.4, -0.2) is 13.6 Å². The number of anilines is 1.